The molecule has 0 saturated carbocycles. The van der Waals surface area contributed by atoms with Crippen molar-refractivity contribution >= 4 is 46.4 Å². The number of rotatable bonds is 2. The Balaban J connectivity index is 0.00000192. The molecule has 3 aromatic heterocycles. The van der Waals surface area contributed by atoms with Gasteiger partial charge < -0.3 is 9.97 Å². The van der Waals surface area contributed by atoms with Crippen molar-refractivity contribution in [2.24, 2.45) is 0 Å². The molecule has 0 saturated heterocycles. The largest absolute Gasteiger partial charge is 0.355 e. The number of aromatic nitrogens is 4. The van der Waals surface area contributed by atoms with E-state index >= 15 is 0 Å². The van der Waals surface area contributed by atoms with E-state index in [0.717, 1.165) is 57.7 Å². The molecule has 5 heteroatoms. The Morgan fingerprint density at radius 3 is 1.96 bits per heavy atom. The summed E-state index contributed by atoms with van der Waals surface area (Å²) in [5.74, 6) is 0. The number of aromatic amines is 2. The van der Waals surface area contributed by atoms with Crippen LogP contribution in [0.3, 0.4) is 0 Å². The standard InChI is InChI=1S/C23H20N4.Mn/c1-2-3-15-10-22-13-20-7-6-18(25-20)11-16-4-5-17(24-16)12-19-8-9-21(26-19)14-23(15)27-22;/h4-14,25,27H,2-3H2,1H3;. The topological polar surface area (TPSA) is 57.4 Å². The minimum absolute atomic E-state index is 0. The minimum Gasteiger partial charge on any atom is -0.355 e. The third-order valence-electron chi connectivity index (χ3n) is 4.77. The van der Waals surface area contributed by atoms with E-state index < -0.39 is 0 Å². The Hall–Kier alpha value is -2.88. The van der Waals surface area contributed by atoms with Crippen LogP contribution in [0.15, 0.2) is 42.5 Å². The number of aryl methyl sites for hydroxylation is 1. The van der Waals surface area contributed by atoms with Gasteiger partial charge in [0.15, 0.2) is 0 Å². The van der Waals surface area contributed by atoms with Crippen molar-refractivity contribution in [3.8, 4) is 0 Å². The smallest absolute Gasteiger partial charge is 0.0659 e. The minimum atomic E-state index is 0. The molecule has 1 radical (unpaired) electrons. The third kappa shape index (κ3) is 3.72. The molecule has 2 N–H and O–H groups in total. The molecule has 5 rings (SSSR count). The molecule has 0 aliphatic carbocycles. The van der Waals surface area contributed by atoms with Crippen molar-refractivity contribution in [2.45, 2.75) is 19.8 Å². The average Bonchev–Trinajstić information content (AvgIpc) is 3.41. The Morgan fingerprint density at radius 2 is 1.29 bits per heavy atom. The van der Waals surface area contributed by atoms with Crippen molar-refractivity contribution in [1.82, 2.24) is 19.9 Å². The van der Waals surface area contributed by atoms with Gasteiger partial charge in [-0.05, 0) is 78.8 Å². The molecule has 3 aromatic rings. The monoisotopic (exact) mass is 407 g/mol. The average molecular weight is 407 g/mol. The van der Waals surface area contributed by atoms with Crippen LogP contribution in [0.25, 0.3) is 46.4 Å². The van der Waals surface area contributed by atoms with Gasteiger partial charge in [0.05, 0.1) is 22.8 Å². The first-order valence-electron chi connectivity index (χ1n) is 9.32. The van der Waals surface area contributed by atoms with E-state index in [1.54, 1.807) is 0 Å². The summed E-state index contributed by atoms with van der Waals surface area (Å²) in [7, 11) is 0. The Morgan fingerprint density at radius 1 is 0.679 bits per heavy atom. The molecule has 5 heterocycles. The van der Waals surface area contributed by atoms with Crippen LogP contribution in [0.5, 0.6) is 0 Å². The van der Waals surface area contributed by atoms with E-state index in [1.165, 1.54) is 5.56 Å². The summed E-state index contributed by atoms with van der Waals surface area (Å²) >= 11 is 0. The maximum absolute atomic E-state index is 4.72. The number of nitrogens with zero attached hydrogens (tertiary/aromatic N) is 2. The number of H-pyrrole nitrogens is 2. The fraction of sp³-hybridized carbons (Fsp3) is 0.130. The first kappa shape index (κ1) is 18.5. The summed E-state index contributed by atoms with van der Waals surface area (Å²) in [6.07, 6.45) is 10.3. The number of fused-ring (bicyclic) bond motifs is 8. The van der Waals surface area contributed by atoms with E-state index in [-0.39, 0.29) is 17.1 Å². The van der Waals surface area contributed by atoms with Gasteiger partial charge in [-0.3, -0.25) is 0 Å². The van der Waals surface area contributed by atoms with Crippen LogP contribution in [-0.2, 0) is 23.5 Å². The van der Waals surface area contributed by atoms with Gasteiger partial charge in [0.25, 0.3) is 0 Å². The predicted octanol–water partition coefficient (Wildman–Crippen LogP) is 5.61. The van der Waals surface area contributed by atoms with Crippen molar-refractivity contribution in [2.75, 3.05) is 0 Å². The van der Waals surface area contributed by atoms with E-state index in [4.69, 9.17) is 4.98 Å². The third-order valence-corrected chi connectivity index (χ3v) is 4.77. The van der Waals surface area contributed by atoms with Crippen LogP contribution in [0.2, 0.25) is 0 Å². The maximum atomic E-state index is 4.72. The van der Waals surface area contributed by atoms with Gasteiger partial charge in [-0.2, -0.15) is 0 Å². The molecule has 0 spiro atoms. The van der Waals surface area contributed by atoms with E-state index in [9.17, 15) is 0 Å². The summed E-state index contributed by atoms with van der Waals surface area (Å²) in [5, 5.41) is 0. The first-order chi connectivity index (χ1) is 13.2. The predicted molar refractivity (Wildman–Crippen MR) is 113 cm³/mol. The summed E-state index contributed by atoms with van der Waals surface area (Å²) in [5.41, 5.74) is 9.40. The summed E-state index contributed by atoms with van der Waals surface area (Å²) in [4.78, 5) is 16.4. The van der Waals surface area contributed by atoms with Gasteiger partial charge >= 0.3 is 0 Å². The van der Waals surface area contributed by atoms with Crippen LogP contribution in [0.1, 0.15) is 41.7 Å². The zero-order valence-electron chi connectivity index (χ0n) is 15.5. The second kappa shape index (κ2) is 7.62. The molecule has 139 valence electrons. The van der Waals surface area contributed by atoms with Crippen LogP contribution in [-0.4, -0.2) is 19.9 Å². The van der Waals surface area contributed by atoms with Crippen molar-refractivity contribution in [1.29, 1.82) is 0 Å². The number of nitrogens with one attached hydrogen (secondary N) is 2. The number of hydrogen-bond donors (Lipinski definition) is 2. The van der Waals surface area contributed by atoms with Crippen molar-refractivity contribution in [3.63, 3.8) is 0 Å². The Bertz CT molecular complexity index is 1240. The van der Waals surface area contributed by atoms with Crippen LogP contribution in [0.4, 0.5) is 0 Å². The molecular formula is C23H20MnN4. The molecule has 2 aliphatic heterocycles. The van der Waals surface area contributed by atoms with E-state index in [2.05, 4.69) is 64.3 Å². The summed E-state index contributed by atoms with van der Waals surface area (Å²) < 4.78 is 0. The normalized spacial score (nSPS) is 12.2. The Labute approximate surface area is 173 Å². The zero-order chi connectivity index (χ0) is 18.2. The number of hydrogen-bond acceptors (Lipinski definition) is 2. The second-order valence-corrected chi connectivity index (χ2v) is 6.95. The second-order valence-electron chi connectivity index (χ2n) is 6.95. The summed E-state index contributed by atoms with van der Waals surface area (Å²) in [6.45, 7) is 2.21. The molecule has 8 bridgehead atoms. The van der Waals surface area contributed by atoms with Gasteiger partial charge in [0.1, 0.15) is 0 Å². The van der Waals surface area contributed by atoms with Crippen LogP contribution in [0, 0.1) is 0 Å². The molecule has 2 aliphatic rings. The summed E-state index contributed by atoms with van der Waals surface area (Å²) in [6, 6.07) is 14.7. The molecule has 0 fully saturated rings. The van der Waals surface area contributed by atoms with E-state index in [0.29, 0.717) is 0 Å². The van der Waals surface area contributed by atoms with Gasteiger partial charge in [-0.25, -0.2) is 9.97 Å². The maximum Gasteiger partial charge on any atom is 0.0659 e. The fourth-order valence-electron chi connectivity index (χ4n) is 3.55. The Kier molecular flexibility index (Phi) is 5.03. The molecule has 0 aromatic carbocycles. The zero-order valence-corrected chi connectivity index (χ0v) is 16.7. The van der Waals surface area contributed by atoms with Gasteiger partial charge in [0, 0.05) is 39.1 Å². The van der Waals surface area contributed by atoms with Crippen LogP contribution < -0.4 is 0 Å². The fourth-order valence-corrected chi connectivity index (χ4v) is 3.55. The van der Waals surface area contributed by atoms with Crippen LogP contribution >= 0.6 is 0 Å². The molecule has 0 atom stereocenters. The van der Waals surface area contributed by atoms with Crippen molar-refractivity contribution < 1.29 is 17.1 Å². The van der Waals surface area contributed by atoms with Gasteiger partial charge in [0.2, 0.25) is 0 Å². The molecule has 0 amide bonds. The van der Waals surface area contributed by atoms with Crippen molar-refractivity contribution in [3.05, 3.63) is 70.8 Å². The van der Waals surface area contributed by atoms with Gasteiger partial charge in [-0.1, -0.05) is 13.3 Å². The van der Waals surface area contributed by atoms with E-state index in [1.807, 2.05) is 24.3 Å². The quantitative estimate of drug-likeness (QED) is 0.374. The van der Waals surface area contributed by atoms with Gasteiger partial charge in [-0.15, -0.1) is 0 Å². The molecule has 28 heavy (non-hydrogen) atoms. The molecule has 4 nitrogen and oxygen atoms in total. The molecule has 0 unspecified atom stereocenters. The SMILES string of the molecule is CCCc1cc2cc3ccc(cc4nc(cc5nc(cc1[nH]2)C=C5)C=C4)[nH]3.[Mn]. The first-order valence-corrected chi connectivity index (χ1v) is 9.32. The molecular weight excluding hydrogens is 387 g/mol.